The first kappa shape index (κ1) is 28.1. The van der Waals surface area contributed by atoms with Gasteiger partial charge in [0.2, 0.25) is 0 Å². The van der Waals surface area contributed by atoms with Crippen molar-refractivity contribution in [3.05, 3.63) is 35.4 Å². The zero-order valence-corrected chi connectivity index (χ0v) is 20.5. The highest BCUT2D eigenvalue weighted by atomic mass is 16.7. The van der Waals surface area contributed by atoms with Crippen LogP contribution in [-0.4, -0.2) is 64.7 Å². The van der Waals surface area contributed by atoms with Crippen LogP contribution in [0, 0.1) is 0 Å². The number of nitrogens with one attached hydrogen (secondary N) is 3. The molecule has 0 aromatic heterocycles. The Balaban J connectivity index is 1.93. The van der Waals surface area contributed by atoms with E-state index in [1.54, 1.807) is 52.0 Å². The first-order chi connectivity index (χ1) is 16.4. The molecule has 35 heavy (non-hydrogen) atoms. The largest absolute Gasteiger partial charge is 0.507 e. The molecule has 5 N–H and O–H groups in total. The molecule has 1 aromatic rings. The summed E-state index contributed by atoms with van der Waals surface area (Å²) < 4.78 is 10.00. The average Bonchev–Trinajstić information content (AvgIpc) is 2.75. The number of hydrogen-bond donors (Lipinski definition) is 5. The minimum absolute atomic E-state index is 0.252. The molecule has 1 amide bonds. The number of unbranched alkanes of at least 4 members (excludes halogenated alkanes) is 1. The average molecular weight is 494 g/mol. The number of benzene rings is 1. The third-order valence-corrected chi connectivity index (χ3v) is 5.42. The molecule has 0 bridgehead atoms. The summed E-state index contributed by atoms with van der Waals surface area (Å²) in [5, 5.41) is 27.0. The second-order valence-corrected chi connectivity index (χ2v) is 9.48. The maximum Gasteiger partial charge on any atom is 0.507 e. The summed E-state index contributed by atoms with van der Waals surface area (Å²) in [4.78, 5) is 47.7. The van der Waals surface area contributed by atoms with Gasteiger partial charge >= 0.3 is 18.2 Å². The zero-order chi connectivity index (χ0) is 26.2. The van der Waals surface area contributed by atoms with Crippen LogP contribution >= 0.6 is 0 Å². The number of fused-ring (bicyclic) bond motifs is 1. The summed E-state index contributed by atoms with van der Waals surface area (Å²) in [7, 11) is 0. The van der Waals surface area contributed by atoms with Crippen LogP contribution in [0.1, 0.15) is 64.1 Å². The minimum Gasteiger partial charge on any atom is -0.480 e. The van der Waals surface area contributed by atoms with Crippen LogP contribution in [0.2, 0.25) is 0 Å². The smallest absolute Gasteiger partial charge is 0.480 e. The summed E-state index contributed by atoms with van der Waals surface area (Å²) in [5.41, 5.74) is 0.894. The number of ketones is 1. The van der Waals surface area contributed by atoms with Crippen LogP contribution in [0.15, 0.2) is 24.3 Å². The topological polar surface area (TPSA) is 163 Å². The number of carboxylic acid groups (broad SMARTS) is 2. The molecule has 0 aliphatic carbocycles. The summed E-state index contributed by atoms with van der Waals surface area (Å²) in [6, 6.07) is 4.51. The summed E-state index contributed by atoms with van der Waals surface area (Å²) in [6.45, 7) is 7.20. The molecular weight excluding hydrogens is 458 g/mol. The van der Waals surface area contributed by atoms with Crippen molar-refractivity contribution >= 4 is 24.0 Å². The van der Waals surface area contributed by atoms with E-state index < -0.39 is 48.2 Å². The number of carbonyl (C=O) groups excluding carboxylic acids is 2. The Bertz CT molecular complexity index is 914. The normalized spacial score (nSPS) is 19.1. The van der Waals surface area contributed by atoms with Gasteiger partial charge in [0.1, 0.15) is 11.6 Å². The van der Waals surface area contributed by atoms with E-state index in [1.807, 2.05) is 0 Å². The van der Waals surface area contributed by atoms with E-state index in [-0.39, 0.29) is 18.6 Å². The number of rotatable bonds is 11. The molecule has 11 nitrogen and oxygen atoms in total. The van der Waals surface area contributed by atoms with Gasteiger partial charge in [0.15, 0.2) is 12.0 Å². The fraction of sp³-hybridized carbons (Fsp3) is 0.583. The third kappa shape index (κ3) is 9.18. The van der Waals surface area contributed by atoms with Gasteiger partial charge in [0.25, 0.3) is 0 Å². The summed E-state index contributed by atoms with van der Waals surface area (Å²) in [6.07, 6.45) is -1.30. The lowest BCUT2D eigenvalue weighted by molar-refractivity contribution is -0.140. The van der Waals surface area contributed by atoms with E-state index in [0.29, 0.717) is 24.9 Å². The predicted octanol–water partition coefficient (Wildman–Crippen LogP) is 2.59. The Kier molecular flexibility index (Phi) is 10.0. The van der Waals surface area contributed by atoms with Gasteiger partial charge in [-0.3, -0.25) is 20.2 Å². The molecule has 194 valence electrons. The van der Waals surface area contributed by atoms with Crippen LogP contribution in [0.5, 0.6) is 0 Å². The van der Waals surface area contributed by atoms with Crippen molar-refractivity contribution in [3.63, 3.8) is 0 Å². The standard InChI is InChI=1S/C24H35N3O8/c1-14(26-17(21(29)30)11-7-8-12-25-22(31)35-24(2,3)4)20(28)19-16-10-6-5-9-15(16)13-18(27-19)34-23(32)33/h5-6,9-10,14,17-19,26-27H,7-8,11-13H2,1-4H3,(H,25,31)(H,29,30)(H,32,33)/t14-,17?,18?,19?/m0/s1. The number of aliphatic carboxylic acids is 1. The molecule has 1 aliphatic rings. The van der Waals surface area contributed by atoms with Crippen molar-refractivity contribution in [2.45, 2.75) is 83.3 Å². The molecule has 1 aliphatic heterocycles. The molecule has 0 saturated carbocycles. The molecule has 11 heteroatoms. The molecular formula is C24H35N3O8. The van der Waals surface area contributed by atoms with E-state index in [1.165, 1.54) is 0 Å². The van der Waals surface area contributed by atoms with Crippen molar-refractivity contribution in [2.24, 2.45) is 0 Å². The van der Waals surface area contributed by atoms with Gasteiger partial charge in [-0.15, -0.1) is 0 Å². The van der Waals surface area contributed by atoms with Gasteiger partial charge in [-0.25, -0.2) is 9.59 Å². The molecule has 1 heterocycles. The van der Waals surface area contributed by atoms with Gasteiger partial charge in [-0.2, -0.15) is 0 Å². The summed E-state index contributed by atoms with van der Waals surface area (Å²) >= 11 is 0. The molecule has 0 fully saturated rings. The molecule has 0 radical (unpaired) electrons. The zero-order valence-electron chi connectivity index (χ0n) is 20.5. The first-order valence-electron chi connectivity index (χ1n) is 11.6. The Morgan fingerprint density at radius 1 is 1.14 bits per heavy atom. The maximum atomic E-state index is 13.2. The number of ether oxygens (including phenoxy) is 2. The van der Waals surface area contributed by atoms with Crippen LogP contribution in [0.4, 0.5) is 9.59 Å². The van der Waals surface area contributed by atoms with Crippen molar-refractivity contribution < 1.29 is 38.9 Å². The number of amides is 1. The highest BCUT2D eigenvalue weighted by Gasteiger charge is 2.35. The molecule has 3 unspecified atom stereocenters. The van der Waals surface area contributed by atoms with Gasteiger partial charge in [0.05, 0.1) is 12.1 Å². The van der Waals surface area contributed by atoms with Gasteiger partial charge in [0, 0.05) is 13.0 Å². The SMILES string of the molecule is C[C@H](NC(CCCCNC(=O)OC(C)(C)C)C(=O)O)C(=O)C1NC(OC(=O)O)Cc2ccccc21. The van der Waals surface area contributed by atoms with E-state index in [9.17, 15) is 24.3 Å². The highest BCUT2D eigenvalue weighted by molar-refractivity contribution is 5.91. The second kappa shape index (κ2) is 12.5. The first-order valence-corrected chi connectivity index (χ1v) is 11.6. The fourth-order valence-corrected chi connectivity index (χ4v) is 3.86. The van der Waals surface area contributed by atoms with Crippen molar-refractivity contribution in [3.8, 4) is 0 Å². The quantitative estimate of drug-likeness (QED) is 0.229. The number of alkyl carbamates (subject to hydrolysis) is 1. The maximum absolute atomic E-state index is 13.2. The lowest BCUT2D eigenvalue weighted by atomic mass is 9.89. The summed E-state index contributed by atoms with van der Waals surface area (Å²) in [5.74, 6) is -1.41. The Hall–Kier alpha value is -3.18. The molecule has 0 saturated heterocycles. The lowest BCUT2D eigenvalue weighted by Crippen LogP contribution is -2.52. The van der Waals surface area contributed by atoms with E-state index in [4.69, 9.17) is 14.6 Å². The van der Waals surface area contributed by atoms with Crippen molar-refractivity contribution in [2.75, 3.05) is 6.54 Å². The number of carbonyl (C=O) groups is 4. The van der Waals surface area contributed by atoms with Crippen LogP contribution in [0.3, 0.4) is 0 Å². The van der Waals surface area contributed by atoms with Crippen LogP contribution < -0.4 is 16.0 Å². The lowest BCUT2D eigenvalue weighted by Gasteiger charge is -2.33. The number of hydrogen-bond acceptors (Lipinski definition) is 8. The van der Waals surface area contributed by atoms with E-state index in [0.717, 1.165) is 5.56 Å². The van der Waals surface area contributed by atoms with E-state index in [2.05, 4.69) is 16.0 Å². The van der Waals surface area contributed by atoms with Gasteiger partial charge < -0.3 is 25.0 Å². The van der Waals surface area contributed by atoms with Gasteiger partial charge in [-0.05, 0) is 58.1 Å². The molecule has 1 aromatic carbocycles. The van der Waals surface area contributed by atoms with Crippen LogP contribution in [-0.2, 0) is 25.5 Å². The third-order valence-electron chi connectivity index (χ3n) is 5.42. The minimum atomic E-state index is -1.45. The van der Waals surface area contributed by atoms with E-state index >= 15 is 0 Å². The second-order valence-electron chi connectivity index (χ2n) is 9.48. The highest BCUT2D eigenvalue weighted by Crippen LogP contribution is 2.27. The fourth-order valence-electron chi connectivity index (χ4n) is 3.86. The van der Waals surface area contributed by atoms with Gasteiger partial charge in [-0.1, -0.05) is 24.3 Å². The van der Waals surface area contributed by atoms with Crippen molar-refractivity contribution in [1.82, 2.24) is 16.0 Å². The number of carboxylic acids is 1. The number of Topliss-reactive ketones (excluding diaryl/α,β-unsaturated/α-hetero) is 1. The Morgan fingerprint density at radius 2 is 1.83 bits per heavy atom. The molecule has 0 spiro atoms. The van der Waals surface area contributed by atoms with Crippen molar-refractivity contribution in [1.29, 1.82) is 0 Å². The molecule has 4 atom stereocenters. The van der Waals surface area contributed by atoms with Crippen LogP contribution in [0.25, 0.3) is 0 Å². The monoisotopic (exact) mass is 493 g/mol. The predicted molar refractivity (Wildman–Crippen MR) is 126 cm³/mol. The molecule has 2 rings (SSSR count). The Morgan fingerprint density at radius 3 is 2.46 bits per heavy atom. The Labute approximate surface area is 204 Å².